The van der Waals surface area contributed by atoms with Crippen molar-refractivity contribution >= 4 is 21.8 Å². The largest absolute Gasteiger partial charge is 0.396 e. The fourth-order valence-electron chi connectivity index (χ4n) is 2.64. The van der Waals surface area contributed by atoms with Crippen LogP contribution < -0.4 is 0 Å². The molecule has 1 aromatic carbocycles. The van der Waals surface area contributed by atoms with Crippen molar-refractivity contribution in [3.05, 3.63) is 33.8 Å². The van der Waals surface area contributed by atoms with Gasteiger partial charge < -0.3 is 10.0 Å². The summed E-state index contributed by atoms with van der Waals surface area (Å²) < 4.78 is 0.930. The van der Waals surface area contributed by atoms with E-state index < -0.39 is 0 Å². The van der Waals surface area contributed by atoms with E-state index in [2.05, 4.69) is 22.9 Å². The maximum absolute atomic E-state index is 12.6. The molecule has 1 fully saturated rings. The third kappa shape index (κ3) is 3.37. The van der Waals surface area contributed by atoms with Crippen LogP contribution in [0.1, 0.15) is 35.7 Å². The quantitative estimate of drug-likeness (QED) is 0.908. The predicted molar refractivity (Wildman–Crippen MR) is 79.2 cm³/mol. The number of amides is 1. The molecule has 1 amide bonds. The summed E-state index contributed by atoms with van der Waals surface area (Å²) in [5.74, 6) is 0.281. The van der Waals surface area contributed by atoms with Crippen LogP contribution in [-0.4, -0.2) is 35.1 Å². The van der Waals surface area contributed by atoms with Crippen molar-refractivity contribution in [2.75, 3.05) is 13.2 Å². The molecule has 1 saturated heterocycles. The molecule has 1 N–H and O–H groups in total. The molecule has 1 heterocycles. The molecule has 0 unspecified atom stereocenters. The zero-order chi connectivity index (χ0) is 14.0. The molecule has 0 saturated carbocycles. The van der Waals surface area contributed by atoms with Crippen LogP contribution in [-0.2, 0) is 0 Å². The van der Waals surface area contributed by atoms with E-state index in [0.717, 1.165) is 28.4 Å². The number of hydrogen-bond acceptors (Lipinski definition) is 2. The highest BCUT2D eigenvalue weighted by atomic mass is 79.9. The van der Waals surface area contributed by atoms with E-state index >= 15 is 0 Å². The predicted octanol–water partition coefficient (Wildman–Crippen LogP) is 2.99. The number of hydrogen-bond donors (Lipinski definition) is 1. The standard InChI is InChI=1S/C15H20BrNO2/c1-10-5-13(7-14(16)6-10)15(19)17-8-12(9-18)4-3-11(17)2/h5-7,11-12,18H,3-4,8-9H2,1-2H3/t11-,12-/m1/s1. The second-order valence-electron chi connectivity index (χ2n) is 5.45. The average Bonchev–Trinajstić information content (AvgIpc) is 2.37. The topological polar surface area (TPSA) is 40.5 Å². The van der Waals surface area contributed by atoms with Crippen molar-refractivity contribution in [1.29, 1.82) is 0 Å². The van der Waals surface area contributed by atoms with E-state index in [-0.39, 0.29) is 24.5 Å². The Morgan fingerprint density at radius 3 is 2.79 bits per heavy atom. The van der Waals surface area contributed by atoms with E-state index in [0.29, 0.717) is 6.54 Å². The van der Waals surface area contributed by atoms with Crippen LogP contribution in [0, 0.1) is 12.8 Å². The molecule has 1 aliphatic rings. The molecule has 2 rings (SSSR count). The van der Waals surface area contributed by atoms with E-state index in [1.807, 2.05) is 30.0 Å². The lowest BCUT2D eigenvalue weighted by atomic mass is 9.93. The number of nitrogens with zero attached hydrogens (tertiary/aromatic N) is 1. The van der Waals surface area contributed by atoms with Gasteiger partial charge in [-0.25, -0.2) is 0 Å². The summed E-state index contributed by atoms with van der Waals surface area (Å²) in [6.45, 7) is 4.88. The molecular formula is C15H20BrNO2. The van der Waals surface area contributed by atoms with E-state index in [9.17, 15) is 9.90 Å². The number of piperidine rings is 1. The van der Waals surface area contributed by atoms with Gasteiger partial charge in [-0.3, -0.25) is 4.79 Å². The normalized spacial score (nSPS) is 23.5. The van der Waals surface area contributed by atoms with Crippen LogP contribution in [0.2, 0.25) is 0 Å². The third-order valence-electron chi connectivity index (χ3n) is 3.79. The summed E-state index contributed by atoms with van der Waals surface area (Å²) in [5.41, 5.74) is 1.79. The summed E-state index contributed by atoms with van der Waals surface area (Å²) in [5, 5.41) is 9.29. The summed E-state index contributed by atoms with van der Waals surface area (Å²) in [7, 11) is 0. The van der Waals surface area contributed by atoms with Crippen LogP contribution in [0.25, 0.3) is 0 Å². The van der Waals surface area contributed by atoms with Gasteiger partial charge in [0.05, 0.1) is 0 Å². The molecule has 19 heavy (non-hydrogen) atoms. The molecule has 104 valence electrons. The number of benzene rings is 1. The van der Waals surface area contributed by atoms with Crippen molar-refractivity contribution in [3.63, 3.8) is 0 Å². The monoisotopic (exact) mass is 325 g/mol. The Morgan fingerprint density at radius 1 is 1.42 bits per heavy atom. The molecule has 0 spiro atoms. The van der Waals surface area contributed by atoms with Gasteiger partial charge in [0.25, 0.3) is 5.91 Å². The molecular weight excluding hydrogens is 306 g/mol. The van der Waals surface area contributed by atoms with Crippen LogP contribution >= 0.6 is 15.9 Å². The molecule has 4 heteroatoms. The van der Waals surface area contributed by atoms with Crippen LogP contribution in [0.15, 0.2) is 22.7 Å². The Balaban J connectivity index is 2.21. The fourth-order valence-corrected chi connectivity index (χ4v) is 3.25. The molecule has 1 aliphatic heterocycles. The van der Waals surface area contributed by atoms with E-state index in [4.69, 9.17) is 0 Å². The number of aliphatic hydroxyl groups excluding tert-OH is 1. The zero-order valence-electron chi connectivity index (χ0n) is 11.4. The van der Waals surface area contributed by atoms with Gasteiger partial charge in [0, 0.05) is 29.2 Å². The highest BCUT2D eigenvalue weighted by Gasteiger charge is 2.29. The SMILES string of the molecule is Cc1cc(Br)cc(C(=O)N2C[C@H](CO)CC[C@H]2C)c1. The molecule has 1 aromatic rings. The van der Waals surface area contributed by atoms with Crippen LogP contribution in [0.3, 0.4) is 0 Å². The van der Waals surface area contributed by atoms with Gasteiger partial charge in [-0.15, -0.1) is 0 Å². The fraction of sp³-hybridized carbons (Fsp3) is 0.533. The number of carbonyl (C=O) groups excluding carboxylic acids is 1. The first-order valence-corrected chi connectivity index (χ1v) is 7.49. The maximum Gasteiger partial charge on any atom is 0.254 e. The van der Waals surface area contributed by atoms with Crippen molar-refractivity contribution in [2.24, 2.45) is 5.92 Å². The first-order valence-electron chi connectivity index (χ1n) is 6.70. The Hall–Kier alpha value is -0.870. The lowest BCUT2D eigenvalue weighted by molar-refractivity contribution is 0.0489. The number of carbonyl (C=O) groups is 1. The highest BCUT2D eigenvalue weighted by Crippen LogP contribution is 2.24. The minimum atomic E-state index is 0.0649. The number of aliphatic hydroxyl groups is 1. The average molecular weight is 326 g/mol. The van der Waals surface area contributed by atoms with Gasteiger partial charge in [-0.05, 0) is 56.4 Å². The highest BCUT2D eigenvalue weighted by molar-refractivity contribution is 9.10. The van der Waals surface area contributed by atoms with Crippen LogP contribution in [0.5, 0.6) is 0 Å². The molecule has 0 radical (unpaired) electrons. The summed E-state index contributed by atoms with van der Waals surface area (Å²) in [4.78, 5) is 14.5. The second-order valence-corrected chi connectivity index (χ2v) is 6.37. The van der Waals surface area contributed by atoms with Crippen molar-refractivity contribution in [3.8, 4) is 0 Å². The van der Waals surface area contributed by atoms with Gasteiger partial charge in [-0.2, -0.15) is 0 Å². The third-order valence-corrected chi connectivity index (χ3v) is 4.25. The minimum absolute atomic E-state index is 0.0649. The Bertz CT molecular complexity index is 455. The maximum atomic E-state index is 12.6. The van der Waals surface area contributed by atoms with Gasteiger partial charge >= 0.3 is 0 Å². The smallest absolute Gasteiger partial charge is 0.254 e. The molecule has 0 aromatic heterocycles. The Labute approximate surface area is 122 Å². The first kappa shape index (κ1) is 14.5. The van der Waals surface area contributed by atoms with E-state index in [1.54, 1.807) is 0 Å². The summed E-state index contributed by atoms with van der Waals surface area (Å²) in [6, 6.07) is 6.02. The van der Waals surface area contributed by atoms with Gasteiger partial charge in [0.15, 0.2) is 0 Å². The summed E-state index contributed by atoms with van der Waals surface area (Å²) in [6.07, 6.45) is 1.96. The van der Waals surface area contributed by atoms with Gasteiger partial charge in [0.1, 0.15) is 0 Å². The van der Waals surface area contributed by atoms with Crippen molar-refractivity contribution < 1.29 is 9.90 Å². The van der Waals surface area contributed by atoms with Crippen molar-refractivity contribution in [1.82, 2.24) is 4.90 Å². The zero-order valence-corrected chi connectivity index (χ0v) is 13.0. The van der Waals surface area contributed by atoms with E-state index in [1.165, 1.54) is 0 Å². The van der Waals surface area contributed by atoms with Gasteiger partial charge in [0.2, 0.25) is 0 Å². The first-order chi connectivity index (χ1) is 9.01. The minimum Gasteiger partial charge on any atom is -0.396 e. The number of aryl methyl sites for hydroxylation is 1. The Kier molecular flexibility index (Phi) is 4.63. The summed E-state index contributed by atoms with van der Waals surface area (Å²) >= 11 is 3.44. The molecule has 0 bridgehead atoms. The molecule has 2 atom stereocenters. The lowest BCUT2D eigenvalue weighted by Crippen LogP contribution is -2.46. The molecule has 0 aliphatic carbocycles. The van der Waals surface area contributed by atoms with Crippen LogP contribution in [0.4, 0.5) is 0 Å². The second kappa shape index (κ2) is 6.06. The number of likely N-dealkylation sites (tertiary alicyclic amines) is 1. The number of halogens is 1. The lowest BCUT2D eigenvalue weighted by Gasteiger charge is -2.37. The Morgan fingerprint density at radius 2 is 2.16 bits per heavy atom. The molecule has 3 nitrogen and oxygen atoms in total. The van der Waals surface area contributed by atoms with Gasteiger partial charge in [-0.1, -0.05) is 15.9 Å². The number of rotatable bonds is 2. The van der Waals surface area contributed by atoms with Crippen molar-refractivity contribution in [2.45, 2.75) is 32.7 Å².